The summed E-state index contributed by atoms with van der Waals surface area (Å²) in [6, 6.07) is 12.0. The first kappa shape index (κ1) is 19.8. The molecule has 0 aliphatic rings. The van der Waals surface area contributed by atoms with Gasteiger partial charge in [-0.25, -0.2) is 5.43 Å². The van der Waals surface area contributed by atoms with Crippen LogP contribution in [0, 0.1) is 0 Å². The standard InChI is InChI=1S/C19H21BrN2O4/c1-3-4-18(26-16-8-6-15(25-2)7-9-16)19(24)22-21-12-13-11-14(20)5-10-17(13)23/h5-12,18,23H,3-4H2,1-2H3,(H,22,24)/b21-12+. The molecule has 0 aromatic heterocycles. The lowest BCUT2D eigenvalue weighted by molar-refractivity contribution is -0.128. The van der Waals surface area contributed by atoms with Crippen LogP contribution in [0.25, 0.3) is 0 Å². The fourth-order valence-corrected chi connectivity index (χ4v) is 2.57. The molecule has 0 bridgehead atoms. The van der Waals surface area contributed by atoms with Crippen LogP contribution in [-0.4, -0.2) is 30.4 Å². The molecule has 6 nitrogen and oxygen atoms in total. The molecule has 2 N–H and O–H groups in total. The third kappa shape index (κ3) is 5.77. The average Bonchev–Trinajstić information content (AvgIpc) is 2.64. The number of benzene rings is 2. The van der Waals surface area contributed by atoms with E-state index >= 15 is 0 Å². The van der Waals surface area contributed by atoms with Crippen LogP contribution in [0.2, 0.25) is 0 Å². The van der Waals surface area contributed by atoms with Gasteiger partial charge in [0.05, 0.1) is 13.3 Å². The highest BCUT2D eigenvalue weighted by molar-refractivity contribution is 9.10. The van der Waals surface area contributed by atoms with Crippen molar-refractivity contribution in [3.63, 3.8) is 0 Å². The molecule has 0 aliphatic heterocycles. The third-order valence-electron chi connectivity index (χ3n) is 3.55. The number of rotatable bonds is 8. The Bertz CT molecular complexity index is 763. The number of phenolic OH excluding ortho intramolecular Hbond substituents is 1. The second kappa shape index (κ2) is 9.82. The van der Waals surface area contributed by atoms with Crippen LogP contribution < -0.4 is 14.9 Å². The molecule has 0 spiro atoms. The number of halogens is 1. The second-order valence-corrected chi connectivity index (χ2v) is 6.42. The zero-order valence-electron chi connectivity index (χ0n) is 14.6. The normalized spacial score (nSPS) is 12.0. The summed E-state index contributed by atoms with van der Waals surface area (Å²) in [7, 11) is 1.59. The van der Waals surface area contributed by atoms with Gasteiger partial charge < -0.3 is 14.6 Å². The van der Waals surface area contributed by atoms with Crippen molar-refractivity contribution in [2.75, 3.05) is 7.11 Å². The molecule has 1 atom stereocenters. The summed E-state index contributed by atoms with van der Waals surface area (Å²) >= 11 is 3.32. The molecule has 0 aliphatic carbocycles. The van der Waals surface area contributed by atoms with Gasteiger partial charge in [0, 0.05) is 10.0 Å². The molecule has 0 saturated carbocycles. The maximum atomic E-state index is 12.4. The predicted octanol–water partition coefficient (Wildman–Crippen LogP) is 3.86. The Kier molecular flexibility index (Phi) is 7.47. The summed E-state index contributed by atoms with van der Waals surface area (Å²) in [6.45, 7) is 1.97. The van der Waals surface area contributed by atoms with E-state index in [4.69, 9.17) is 9.47 Å². The quantitative estimate of drug-likeness (QED) is 0.501. The number of carbonyl (C=O) groups is 1. The average molecular weight is 421 g/mol. The number of nitrogens with zero attached hydrogens (tertiary/aromatic N) is 1. The maximum absolute atomic E-state index is 12.4. The van der Waals surface area contributed by atoms with Crippen molar-refractivity contribution < 1.29 is 19.4 Å². The Morgan fingerprint density at radius 2 is 1.96 bits per heavy atom. The van der Waals surface area contributed by atoms with Crippen molar-refractivity contribution in [1.82, 2.24) is 5.43 Å². The highest BCUT2D eigenvalue weighted by Gasteiger charge is 2.19. The summed E-state index contributed by atoms with van der Waals surface area (Å²) in [5, 5.41) is 13.7. The lowest BCUT2D eigenvalue weighted by atomic mass is 10.2. The molecular weight excluding hydrogens is 400 g/mol. The van der Waals surface area contributed by atoms with Gasteiger partial charge in [0.2, 0.25) is 0 Å². The van der Waals surface area contributed by atoms with Gasteiger partial charge in [0.25, 0.3) is 5.91 Å². The number of nitrogens with one attached hydrogen (secondary N) is 1. The predicted molar refractivity (Wildman–Crippen MR) is 104 cm³/mol. The Morgan fingerprint density at radius 1 is 1.27 bits per heavy atom. The maximum Gasteiger partial charge on any atom is 0.281 e. The zero-order chi connectivity index (χ0) is 18.9. The van der Waals surface area contributed by atoms with Crippen molar-refractivity contribution in [3.8, 4) is 17.2 Å². The minimum atomic E-state index is -0.665. The fraction of sp³-hybridized carbons (Fsp3) is 0.263. The van der Waals surface area contributed by atoms with Crippen molar-refractivity contribution in [2.45, 2.75) is 25.9 Å². The molecule has 0 fully saturated rings. The van der Waals surface area contributed by atoms with Crippen LogP contribution in [0.5, 0.6) is 17.2 Å². The minimum absolute atomic E-state index is 0.0748. The van der Waals surface area contributed by atoms with Gasteiger partial charge in [-0.2, -0.15) is 5.10 Å². The lowest BCUT2D eigenvalue weighted by Gasteiger charge is -2.17. The molecule has 2 aromatic carbocycles. The van der Waals surface area contributed by atoms with E-state index in [1.165, 1.54) is 6.21 Å². The molecule has 2 aromatic rings. The van der Waals surface area contributed by atoms with Gasteiger partial charge in [0.1, 0.15) is 17.2 Å². The van der Waals surface area contributed by atoms with Crippen molar-refractivity contribution in [3.05, 3.63) is 52.5 Å². The van der Waals surface area contributed by atoms with Gasteiger partial charge in [-0.1, -0.05) is 29.3 Å². The van der Waals surface area contributed by atoms with Crippen molar-refractivity contribution in [1.29, 1.82) is 0 Å². The number of amides is 1. The monoisotopic (exact) mass is 420 g/mol. The molecule has 0 radical (unpaired) electrons. The Balaban J connectivity index is 2.00. The molecule has 1 amide bonds. The summed E-state index contributed by atoms with van der Waals surface area (Å²) in [4.78, 5) is 12.4. The molecule has 2 rings (SSSR count). The Morgan fingerprint density at radius 3 is 2.62 bits per heavy atom. The molecular formula is C19H21BrN2O4. The zero-order valence-corrected chi connectivity index (χ0v) is 16.2. The highest BCUT2D eigenvalue weighted by Crippen LogP contribution is 2.21. The number of phenols is 1. The molecule has 1 unspecified atom stereocenters. The van der Waals surface area contributed by atoms with E-state index in [1.54, 1.807) is 49.6 Å². The summed E-state index contributed by atoms with van der Waals surface area (Å²) in [5.74, 6) is 1.01. The van der Waals surface area contributed by atoms with Crippen molar-refractivity contribution >= 4 is 28.1 Å². The van der Waals surface area contributed by atoms with Crippen LogP contribution in [0.1, 0.15) is 25.3 Å². The van der Waals surface area contributed by atoms with Crippen LogP contribution in [-0.2, 0) is 4.79 Å². The van der Waals surface area contributed by atoms with Crippen LogP contribution in [0.3, 0.4) is 0 Å². The topological polar surface area (TPSA) is 80.2 Å². The third-order valence-corrected chi connectivity index (χ3v) is 4.04. The number of aromatic hydroxyl groups is 1. The summed E-state index contributed by atoms with van der Waals surface area (Å²) < 4.78 is 11.7. The number of hydrazone groups is 1. The van der Waals surface area contributed by atoms with Gasteiger partial charge >= 0.3 is 0 Å². The van der Waals surface area contributed by atoms with E-state index in [0.29, 0.717) is 23.5 Å². The van der Waals surface area contributed by atoms with Crippen LogP contribution in [0.15, 0.2) is 52.0 Å². The fourth-order valence-electron chi connectivity index (χ4n) is 2.19. The van der Waals surface area contributed by atoms with Gasteiger partial charge in [-0.05, 0) is 48.9 Å². The SMILES string of the molecule is CCCC(Oc1ccc(OC)cc1)C(=O)N/N=C/c1cc(Br)ccc1O. The van der Waals surface area contributed by atoms with Crippen LogP contribution in [0.4, 0.5) is 0 Å². The second-order valence-electron chi connectivity index (χ2n) is 5.51. The van der Waals surface area contributed by atoms with Crippen LogP contribution >= 0.6 is 15.9 Å². The van der Waals surface area contributed by atoms with E-state index in [-0.39, 0.29) is 11.7 Å². The van der Waals surface area contributed by atoms with E-state index in [2.05, 4.69) is 26.5 Å². The van der Waals surface area contributed by atoms with Gasteiger partial charge in [-0.3, -0.25) is 4.79 Å². The van der Waals surface area contributed by atoms with E-state index in [9.17, 15) is 9.90 Å². The number of carbonyl (C=O) groups excluding carboxylic acids is 1. The van der Waals surface area contributed by atoms with E-state index < -0.39 is 6.10 Å². The summed E-state index contributed by atoms with van der Waals surface area (Å²) in [5.41, 5.74) is 2.95. The van der Waals surface area contributed by atoms with Gasteiger partial charge in [0.15, 0.2) is 6.10 Å². The van der Waals surface area contributed by atoms with Crippen molar-refractivity contribution in [2.24, 2.45) is 5.10 Å². The van der Waals surface area contributed by atoms with Gasteiger partial charge in [-0.15, -0.1) is 0 Å². The largest absolute Gasteiger partial charge is 0.507 e. The Hall–Kier alpha value is -2.54. The van der Waals surface area contributed by atoms with E-state index in [0.717, 1.165) is 10.9 Å². The van der Waals surface area contributed by atoms with E-state index in [1.807, 2.05) is 6.92 Å². The smallest absolute Gasteiger partial charge is 0.281 e. The summed E-state index contributed by atoms with van der Waals surface area (Å²) in [6.07, 6.45) is 2.05. The molecule has 138 valence electrons. The minimum Gasteiger partial charge on any atom is -0.507 e. The first-order valence-corrected chi connectivity index (χ1v) is 8.95. The lowest BCUT2D eigenvalue weighted by Crippen LogP contribution is -2.35. The Labute approximate surface area is 161 Å². The number of methoxy groups -OCH3 is 1. The molecule has 7 heteroatoms. The molecule has 0 saturated heterocycles. The highest BCUT2D eigenvalue weighted by atomic mass is 79.9. The molecule has 0 heterocycles. The number of hydrogen-bond acceptors (Lipinski definition) is 5. The first-order chi connectivity index (χ1) is 12.5. The number of hydrogen-bond donors (Lipinski definition) is 2. The number of ether oxygens (including phenoxy) is 2. The first-order valence-electron chi connectivity index (χ1n) is 8.15. The molecule has 26 heavy (non-hydrogen) atoms.